The van der Waals surface area contributed by atoms with Gasteiger partial charge < -0.3 is 10.1 Å². The monoisotopic (exact) mass is 362 g/mol. The van der Waals surface area contributed by atoms with Gasteiger partial charge in [0.1, 0.15) is 5.75 Å². The molecule has 1 heterocycles. The van der Waals surface area contributed by atoms with Crippen LogP contribution in [0.4, 0.5) is 0 Å². The summed E-state index contributed by atoms with van der Waals surface area (Å²) in [4.78, 5) is 0.281. The summed E-state index contributed by atoms with van der Waals surface area (Å²) in [5, 5.41) is 3.33. The molecule has 0 saturated carbocycles. The summed E-state index contributed by atoms with van der Waals surface area (Å²) in [7, 11) is -3.47. The normalized spacial score (nSPS) is 21.5. The molecular weight excluding hydrogens is 336 g/mol. The van der Waals surface area contributed by atoms with Crippen molar-refractivity contribution in [3.63, 3.8) is 0 Å². The van der Waals surface area contributed by atoms with E-state index in [2.05, 4.69) is 17.0 Å². The van der Waals surface area contributed by atoms with E-state index in [1.165, 1.54) is 0 Å². The number of ether oxygens (including phenoxy) is 1. The first-order valence-electron chi connectivity index (χ1n) is 7.88. The zero-order valence-corrected chi connectivity index (χ0v) is 15.4. The molecular formula is C16H27ClN2O3S. The third-order valence-corrected chi connectivity index (χ3v) is 5.40. The Labute approximate surface area is 145 Å². The third-order valence-electron chi connectivity index (χ3n) is 3.98. The number of benzene rings is 1. The van der Waals surface area contributed by atoms with Crippen LogP contribution < -0.4 is 14.8 Å². The van der Waals surface area contributed by atoms with Gasteiger partial charge in [-0.3, -0.25) is 0 Å². The number of piperidine rings is 1. The highest BCUT2D eigenvalue weighted by atomic mass is 35.5. The summed E-state index contributed by atoms with van der Waals surface area (Å²) in [6, 6.07) is 6.59. The molecule has 0 bridgehead atoms. The van der Waals surface area contributed by atoms with Crippen molar-refractivity contribution >= 4 is 22.4 Å². The van der Waals surface area contributed by atoms with Crippen LogP contribution in [0.5, 0.6) is 5.75 Å². The van der Waals surface area contributed by atoms with Crippen LogP contribution in [0.15, 0.2) is 29.2 Å². The van der Waals surface area contributed by atoms with Crippen LogP contribution in [0.25, 0.3) is 0 Å². The van der Waals surface area contributed by atoms with Crippen LogP contribution in [0, 0.1) is 5.41 Å². The van der Waals surface area contributed by atoms with Crippen molar-refractivity contribution in [3.05, 3.63) is 24.3 Å². The first kappa shape index (κ1) is 20.2. The molecule has 0 aromatic heterocycles. The Kier molecular flexibility index (Phi) is 7.80. The van der Waals surface area contributed by atoms with Gasteiger partial charge in [-0.05, 0) is 55.5 Å². The minimum atomic E-state index is -3.47. The van der Waals surface area contributed by atoms with E-state index in [1.54, 1.807) is 24.3 Å². The molecule has 0 aliphatic carbocycles. The van der Waals surface area contributed by atoms with Crippen LogP contribution in [0.2, 0.25) is 0 Å². The Bertz CT molecular complexity index is 569. The average Bonchev–Trinajstić information content (AvgIpc) is 2.52. The van der Waals surface area contributed by atoms with E-state index >= 15 is 0 Å². The summed E-state index contributed by atoms with van der Waals surface area (Å²) >= 11 is 0. The maximum absolute atomic E-state index is 12.4. The van der Waals surface area contributed by atoms with Crippen molar-refractivity contribution in [2.24, 2.45) is 5.41 Å². The van der Waals surface area contributed by atoms with Crippen molar-refractivity contribution in [3.8, 4) is 5.75 Å². The van der Waals surface area contributed by atoms with E-state index < -0.39 is 10.0 Å². The van der Waals surface area contributed by atoms with Gasteiger partial charge in [0.15, 0.2) is 0 Å². The molecule has 5 nitrogen and oxygen atoms in total. The molecule has 1 aliphatic rings. The van der Waals surface area contributed by atoms with Crippen molar-refractivity contribution < 1.29 is 13.2 Å². The maximum Gasteiger partial charge on any atom is 0.240 e. The van der Waals surface area contributed by atoms with E-state index in [9.17, 15) is 8.42 Å². The number of hydrogen-bond donors (Lipinski definition) is 2. The first-order valence-corrected chi connectivity index (χ1v) is 9.37. The van der Waals surface area contributed by atoms with Crippen molar-refractivity contribution in [1.82, 2.24) is 10.0 Å². The molecule has 0 radical (unpaired) electrons. The van der Waals surface area contributed by atoms with E-state index in [-0.39, 0.29) is 22.7 Å². The lowest BCUT2D eigenvalue weighted by Gasteiger charge is -2.34. The lowest BCUT2D eigenvalue weighted by molar-refractivity contribution is 0.238. The topological polar surface area (TPSA) is 67.4 Å². The molecule has 1 fully saturated rings. The second kappa shape index (κ2) is 8.87. The molecule has 2 N–H and O–H groups in total. The van der Waals surface area contributed by atoms with Gasteiger partial charge in [-0.15, -0.1) is 12.4 Å². The van der Waals surface area contributed by atoms with Crippen molar-refractivity contribution in [1.29, 1.82) is 0 Å². The third kappa shape index (κ3) is 5.95. The zero-order valence-electron chi connectivity index (χ0n) is 13.8. The number of hydrogen-bond acceptors (Lipinski definition) is 4. The van der Waals surface area contributed by atoms with Gasteiger partial charge in [0, 0.05) is 13.1 Å². The van der Waals surface area contributed by atoms with Crippen LogP contribution in [0.3, 0.4) is 0 Å². The van der Waals surface area contributed by atoms with Crippen molar-refractivity contribution in [2.45, 2.75) is 38.0 Å². The highest BCUT2D eigenvalue weighted by Crippen LogP contribution is 2.25. The van der Waals surface area contributed by atoms with Gasteiger partial charge in [-0.1, -0.05) is 13.8 Å². The molecule has 7 heteroatoms. The van der Waals surface area contributed by atoms with Crippen LogP contribution in [-0.4, -0.2) is 34.7 Å². The summed E-state index contributed by atoms with van der Waals surface area (Å²) < 4.78 is 33.0. The Balaban J connectivity index is 0.00000264. The van der Waals surface area contributed by atoms with E-state index in [0.717, 1.165) is 32.4 Å². The largest absolute Gasteiger partial charge is 0.494 e. The smallest absolute Gasteiger partial charge is 0.240 e. The quantitative estimate of drug-likeness (QED) is 0.782. The van der Waals surface area contributed by atoms with Crippen LogP contribution in [0.1, 0.15) is 33.1 Å². The van der Waals surface area contributed by atoms with E-state index in [4.69, 9.17) is 4.74 Å². The summed E-state index contributed by atoms with van der Waals surface area (Å²) in [6.45, 7) is 7.10. The molecule has 1 aromatic carbocycles. The molecule has 1 aliphatic heterocycles. The standard InChI is InChI=1S/C16H26N2O3S.ClH/c1-3-11-21-14-5-7-15(8-6-14)22(19,20)18-13-16(2)9-4-10-17-12-16;/h5-8,17-18H,3-4,9-13H2,1-2H3;1H. The second-order valence-corrected chi connectivity index (χ2v) is 8.00. The zero-order chi connectivity index (χ0) is 16.1. The highest BCUT2D eigenvalue weighted by molar-refractivity contribution is 7.89. The molecule has 132 valence electrons. The Morgan fingerprint density at radius 3 is 2.57 bits per heavy atom. The van der Waals surface area contributed by atoms with Gasteiger partial charge in [0.05, 0.1) is 11.5 Å². The molecule has 0 spiro atoms. The lowest BCUT2D eigenvalue weighted by atomic mass is 9.83. The highest BCUT2D eigenvalue weighted by Gasteiger charge is 2.28. The second-order valence-electron chi connectivity index (χ2n) is 6.24. The summed E-state index contributed by atoms with van der Waals surface area (Å²) in [6.07, 6.45) is 3.04. The number of nitrogens with one attached hydrogen (secondary N) is 2. The Morgan fingerprint density at radius 2 is 2.00 bits per heavy atom. The maximum atomic E-state index is 12.4. The summed E-state index contributed by atoms with van der Waals surface area (Å²) in [5.74, 6) is 0.698. The SMILES string of the molecule is CCCOc1ccc(S(=O)(=O)NCC2(C)CCCNC2)cc1.Cl. The Hall–Kier alpha value is -0.820. The van der Waals surface area contributed by atoms with Crippen LogP contribution >= 0.6 is 12.4 Å². The number of sulfonamides is 1. The fourth-order valence-corrected chi connectivity index (χ4v) is 3.76. The Morgan fingerprint density at radius 1 is 1.30 bits per heavy atom. The lowest BCUT2D eigenvalue weighted by Crippen LogP contribution is -2.45. The van der Waals surface area contributed by atoms with Gasteiger partial charge in [-0.2, -0.15) is 0 Å². The molecule has 1 aromatic rings. The predicted octanol–water partition coefficient (Wildman–Crippen LogP) is 2.57. The first-order chi connectivity index (χ1) is 10.5. The minimum absolute atomic E-state index is 0. The fraction of sp³-hybridized carbons (Fsp3) is 0.625. The molecule has 2 rings (SSSR count). The summed E-state index contributed by atoms with van der Waals surface area (Å²) in [5.41, 5.74) is -0.0184. The predicted molar refractivity (Wildman–Crippen MR) is 94.9 cm³/mol. The minimum Gasteiger partial charge on any atom is -0.494 e. The average molecular weight is 363 g/mol. The molecule has 1 unspecified atom stereocenters. The van der Waals surface area contributed by atoms with Gasteiger partial charge in [-0.25, -0.2) is 13.1 Å². The molecule has 23 heavy (non-hydrogen) atoms. The van der Waals surface area contributed by atoms with Crippen molar-refractivity contribution in [2.75, 3.05) is 26.2 Å². The fourth-order valence-electron chi connectivity index (χ4n) is 2.56. The van der Waals surface area contributed by atoms with E-state index in [0.29, 0.717) is 18.9 Å². The number of halogens is 1. The molecule has 0 amide bonds. The van der Waals surface area contributed by atoms with Gasteiger partial charge >= 0.3 is 0 Å². The number of rotatable bonds is 7. The van der Waals surface area contributed by atoms with Crippen LogP contribution in [-0.2, 0) is 10.0 Å². The molecule has 1 atom stereocenters. The van der Waals surface area contributed by atoms with Gasteiger partial charge in [0.2, 0.25) is 10.0 Å². The molecule has 1 saturated heterocycles. The van der Waals surface area contributed by atoms with Gasteiger partial charge in [0.25, 0.3) is 0 Å². The van der Waals surface area contributed by atoms with E-state index in [1.807, 2.05) is 6.92 Å².